The second-order valence-electron chi connectivity index (χ2n) is 6.32. The first-order valence-corrected chi connectivity index (χ1v) is 8.98. The Labute approximate surface area is 159 Å². The van der Waals surface area contributed by atoms with Gasteiger partial charge in [-0.3, -0.25) is 14.4 Å². The third-order valence-electron chi connectivity index (χ3n) is 3.89. The maximum absolute atomic E-state index is 12.0. The molecule has 0 heterocycles. The maximum Gasteiger partial charge on any atom is 0.251 e. The number of carbonyl (C=O) groups is 3. The van der Waals surface area contributed by atoms with Crippen molar-refractivity contribution in [2.45, 2.75) is 33.2 Å². The summed E-state index contributed by atoms with van der Waals surface area (Å²) in [6.45, 7) is 4.12. The topological polar surface area (TPSA) is 87.3 Å². The lowest BCUT2D eigenvalue weighted by molar-refractivity contribution is -0.120. The number of hydrogen-bond acceptors (Lipinski definition) is 3. The number of aryl methyl sites for hydroxylation is 1. The molecule has 0 aliphatic carbocycles. The number of anilines is 1. The van der Waals surface area contributed by atoms with Crippen LogP contribution in [-0.4, -0.2) is 24.3 Å². The monoisotopic (exact) mass is 367 g/mol. The molecule has 0 saturated heterocycles. The van der Waals surface area contributed by atoms with Crippen molar-refractivity contribution in [3.63, 3.8) is 0 Å². The van der Waals surface area contributed by atoms with Crippen molar-refractivity contribution in [1.82, 2.24) is 10.6 Å². The fourth-order valence-electron chi connectivity index (χ4n) is 2.47. The van der Waals surface area contributed by atoms with Gasteiger partial charge in [-0.15, -0.1) is 0 Å². The van der Waals surface area contributed by atoms with Gasteiger partial charge in [0.15, 0.2) is 0 Å². The Morgan fingerprint density at radius 2 is 1.67 bits per heavy atom. The smallest absolute Gasteiger partial charge is 0.251 e. The molecular formula is C21H25N3O3. The van der Waals surface area contributed by atoms with Gasteiger partial charge in [0.05, 0.1) is 6.54 Å². The number of rotatable bonds is 8. The second kappa shape index (κ2) is 10.1. The Morgan fingerprint density at radius 3 is 2.33 bits per heavy atom. The standard InChI is InChI=1S/C21H25N3O3/c1-3-5-19(25)24-18-10-8-16(9-11-18)13-22-20(26)14-23-21(27)17-7-4-6-15(2)12-17/h4,6-12H,3,5,13-14H2,1-2H3,(H,22,26)(H,23,27)(H,24,25). The zero-order valence-corrected chi connectivity index (χ0v) is 15.7. The summed E-state index contributed by atoms with van der Waals surface area (Å²) in [5.74, 6) is -0.555. The van der Waals surface area contributed by atoms with Crippen molar-refractivity contribution >= 4 is 23.4 Å². The lowest BCUT2D eigenvalue weighted by Crippen LogP contribution is -2.36. The van der Waals surface area contributed by atoms with Crippen LogP contribution < -0.4 is 16.0 Å². The number of nitrogens with one attached hydrogen (secondary N) is 3. The zero-order valence-electron chi connectivity index (χ0n) is 15.7. The minimum Gasteiger partial charge on any atom is -0.350 e. The van der Waals surface area contributed by atoms with Gasteiger partial charge in [-0.05, 0) is 43.2 Å². The van der Waals surface area contributed by atoms with Gasteiger partial charge < -0.3 is 16.0 Å². The molecule has 0 saturated carbocycles. The van der Waals surface area contributed by atoms with Gasteiger partial charge in [-0.25, -0.2) is 0 Å². The summed E-state index contributed by atoms with van der Waals surface area (Å²) < 4.78 is 0. The quantitative estimate of drug-likeness (QED) is 0.670. The molecule has 3 N–H and O–H groups in total. The average molecular weight is 367 g/mol. The van der Waals surface area contributed by atoms with Crippen molar-refractivity contribution in [2.75, 3.05) is 11.9 Å². The molecule has 142 valence electrons. The summed E-state index contributed by atoms with van der Waals surface area (Å²) in [5.41, 5.74) is 3.15. The number of amides is 3. The van der Waals surface area contributed by atoms with E-state index in [1.165, 1.54) is 0 Å². The molecule has 0 bridgehead atoms. The van der Waals surface area contributed by atoms with Crippen LogP contribution in [0.15, 0.2) is 48.5 Å². The highest BCUT2D eigenvalue weighted by Gasteiger charge is 2.08. The van der Waals surface area contributed by atoms with Gasteiger partial charge in [0.1, 0.15) is 0 Å². The average Bonchev–Trinajstić information content (AvgIpc) is 2.65. The molecule has 2 aromatic carbocycles. The fourth-order valence-corrected chi connectivity index (χ4v) is 2.47. The molecule has 0 atom stereocenters. The van der Waals surface area contributed by atoms with E-state index in [4.69, 9.17) is 0 Å². The van der Waals surface area contributed by atoms with Gasteiger partial charge in [0.2, 0.25) is 11.8 Å². The van der Waals surface area contributed by atoms with Crippen LogP contribution in [0.4, 0.5) is 5.69 Å². The van der Waals surface area contributed by atoms with E-state index in [1.54, 1.807) is 30.3 Å². The first-order valence-electron chi connectivity index (χ1n) is 8.98. The molecule has 3 amide bonds. The SMILES string of the molecule is CCCC(=O)Nc1ccc(CNC(=O)CNC(=O)c2cccc(C)c2)cc1. The number of hydrogen-bond donors (Lipinski definition) is 3. The Kier molecular flexibility index (Phi) is 7.55. The van der Waals surface area contributed by atoms with Crippen molar-refractivity contribution in [3.05, 3.63) is 65.2 Å². The summed E-state index contributed by atoms with van der Waals surface area (Å²) in [5, 5.41) is 8.18. The van der Waals surface area contributed by atoms with E-state index < -0.39 is 0 Å². The Bertz CT molecular complexity index is 801. The molecule has 0 aromatic heterocycles. The van der Waals surface area contributed by atoms with Gasteiger partial charge >= 0.3 is 0 Å². The zero-order chi connectivity index (χ0) is 19.6. The molecule has 0 fully saturated rings. The summed E-state index contributed by atoms with van der Waals surface area (Å²) in [6, 6.07) is 14.5. The third-order valence-corrected chi connectivity index (χ3v) is 3.89. The normalized spacial score (nSPS) is 10.1. The molecule has 0 unspecified atom stereocenters. The first kappa shape index (κ1) is 20.2. The molecule has 0 spiro atoms. The third kappa shape index (κ3) is 6.93. The van der Waals surface area contributed by atoms with E-state index in [-0.39, 0.29) is 24.3 Å². The second-order valence-corrected chi connectivity index (χ2v) is 6.32. The Balaban J connectivity index is 1.75. The molecule has 0 aliphatic heterocycles. The van der Waals surface area contributed by atoms with Crippen LogP contribution in [-0.2, 0) is 16.1 Å². The molecule has 27 heavy (non-hydrogen) atoms. The van der Waals surface area contributed by atoms with Crippen molar-refractivity contribution in [2.24, 2.45) is 0 Å². The van der Waals surface area contributed by atoms with Crippen LogP contribution in [0.3, 0.4) is 0 Å². The van der Waals surface area contributed by atoms with Gasteiger partial charge in [0.25, 0.3) is 5.91 Å². The molecule has 2 rings (SSSR count). The Morgan fingerprint density at radius 1 is 0.926 bits per heavy atom. The van der Waals surface area contributed by atoms with Crippen LogP contribution in [0.25, 0.3) is 0 Å². The highest BCUT2D eigenvalue weighted by molar-refractivity contribution is 5.96. The lowest BCUT2D eigenvalue weighted by Gasteiger charge is -2.09. The Hall–Kier alpha value is -3.15. The van der Waals surface area contributed by atoms with Crippen molar-refractivity contribution in [1.29, 1.82) is 0 Å². The van der Waals surface area contributed by atoms with Crippen LogP contribution in [0.1, 0.15) is 41.3 Å². The largest absolute Gasteiger partial charge is 0.350 e. The van der Waals surface area contributed by atoms with Crippen molar-refractivity contribution in [3.8, 4) is 0 Å². The maximum atomic E-state index is 12.0. The fraction of sp³-hybridized carbons (Fsp3) is 0.286. The highest BCUT2D eigenvalue weighted by atomic mass is 16.2. The summed E-state index contributed by atoms with van der Waals surface area (Å²) in [6.07, 6.45) is 1.29. The molecule has 6 nitrogen and oxygen atoms in total. The van der Waals surface area contributed by atoms with E-state index in [9.17, 15) is 14.4 Å². The van der Waals surface area contributed by atoms with Crippen LogP contribution in [0, 0.1) is 6.92 Å². The predicted octanol–water partition coefficient (Wildman–Crippen LogP) is 2.78. The van der Waals surface area contributed by atoms with Crippen LogP contribution >= 0.6 is 0 Å². The molecule has 0 aliphatic rings. The van der Waals surface area contributed by atoms with Crippen LogP contribution in [0.2, 0.25) is 0 Å². The van der Waals surface area contributed by atoms with Crippen molar-refractivity contribution < 1.29 is 14.4 Å². The summed E-state index contributed by atoms with van der Waals surface area (Å²) >= 11 is 0. The molecule has 0 radical (unpaired) electrons. The molecular weight excluding hydrogens is 342 g/mol. The molecule has 2 aromatic rings. The van der Waals surface area contributed by atoms with E-state index in [1.807, 2.05) is 32.0 Å². The van der Waals surface area contributed by atoms with Gasteiger partial charge in [-0.2, -0.15) is 0 Å². The minimum absolute atomic E-state index is 0.0112. The van der Waals surface area contributed by atoms with E-state index >= 15 is 0 Å². The van der Waals surface area contributed by atoms with E-state index in [0.29, 0.717) is 18.5 Å². The highest BCUT2D eigenvalue weighted by Crippen LogP contribution is 2.10. The summed E-state index contributed by atoms with van der Waals surface area (Å²) in [4.78, 5) is 35.5. The number of benzene rings is 2. The van der Waals surface area contributed by atoms with Gasteiger partial charge in [0, 0.05) is 24.2 Å². The van der Waals surface area contributed by atoms with E-state index in [2.05, 4.69) is 16.0 Å². The predicted molar refractivity (Wildman–Crippen MR) is 105 cm³/mol. The van der Waals surface area contributed by atoms with Crippen LogP contribution in [0.5, 0.6) is 0 Å². The summed E-state index contributed by atoms with van der Waals surface area (Å²) in [7, 11) is 0. The van der Waals surface area contributed by atoms with E-state index in [0.717, 1.165) is 23.2 Å². The molecule has 6 heteroatoms. The number of carbonyl (C=O) groups excluding carboxylic acids is 3. The first-order chi connectivity index (χ1) is 13.0. The minimum atomic E-state index is -0.277. The van der Waals surface area contributed by atoms with Gasteiger partial charge in [-0.1, -0.05) is 36.8 Å². The lowest BCUT2D eigenvalue weighted by atomic mass is 10.1.